The zero-order chi connectivity index (χ0) is 18.9. The summed E-state index contributed by atoms with van der Waals surface area (Å²) in [6.45, 7) is 4.46. The first-order chi connectivity index (χ1) is 13.1. The van der Waals surface area contributed by atoms with E-state index in [0.29, 0.717) is 18.6 Å². The van der Waals surface area contributed by atoms with Crippen molar-refractivity contribution in [1.29, 1.82) is 0 Å². The molecule has 0 aromatic carbocycles. The van der Waals surface area contributed by atoms with E-state index >= 15 is 0 Å². The number of amides is 1. The molecular formula is C20H31N5O2. The van der Waals surface area contributed by atoms with Gasteiger partial charge in [0.1, 0.15) is 5.60 Å². The van der Waals surface area contributed by atoms with Crippen LogP contribution in [0.25, 0.3) is 0 Å². The van der Waals surface area contributed by atoms with Crippen molar-refractivity contribution in [1.82, 2.24) is 20.2 Å². The molecule has 3 heterocycles. The number of rotatable bonds is 4. The van der Waals surface area contributed by atoms with Gasteiger partial charge in [0.25, 0.3) is 0 Å². The molecule has 3 N–H and O–H groups in total. The molecule has 4 rings (SSSR count). The minimum absolute atomic E-state index is 0.0542. The fourth-order valence-electron chi connectivity index (χ4n) is 4.98. The van der Waals surface area contributed by atoms with Crippen molar-refractivity contribution in [3.63, 3.8) is 0 Å². The first-order valence-corrected chi connectivity index (χ1v) is 10.4. The highest BCUT2D eigenvalue weighted by atomic mass is 16.5. The lowest BCUT2D eigenvalue weighted by Crippen LogP contribution is -2.54. The van der Waals surface area contributed by atoms with E-state index in [-0.39, 0.29) is 17.6 Å². The van der Waals surface area contributed by atoms with Crippen LogP contribution in [0.3, 0.4) is 0 Å². The van der Waals surface area contributed by atoms with E-state index in [2.05, 4.69) is 27.1 Å². The van der Waals surface area contributed by atoms with Gasteiger partial charge in [-0.3, -0.25) is 9.69 Å². The molecule has 27 heavy (non-hydrogen) atoms. The fourth-order valence-corrected chi connectivity index (χ4v) is 4.98. The van der Waals surface area contributed by atoms with Crippen LogP contribution >= 0.6 is 0 Å². The zero-order valence-corrected chi connectivity index (χ0v) is 16.2. The van der Waals surface area contributed by atoms with Gasteiger partial charge in [0.15, 0.2) is 0 Å². The van der Waals surface area contributed by atoms with E-state index < -0.39 is 0 Å². The van der Waals surface area contributed by atoms with Crippen LogP contribution in [0.15, 0.2) is 6.20 Å². The summed E-state index contributed by atoms with van der Waals surface area (Å²) in [4.78, 5) is 23.8. The second kappa shape index (κ2) is 7.72. The van der Waals surface area contributed by atoms with Gasteiger partial charge in [-0.05, 0) is 44.1 Å². The number of ether oxygens (including phenoxy) is 1. The fraction of sp³-hybridized carbons (Fsp3) is 0.750. The van der Waals surface area contributed by atoms with Gasteiger partial charge < -0.3 is 15.8 Å². The molecule has 0 bridgehead atoms. The number of fused-ring (bicyclic) bond motifs is 2. The topological polar surface area (TPSA) is 93.4 Å². The number of nitrogens with two attached hydrogens (primary N) is 1. The zero-order valence-electron chi connectivity index (χ0n) is 16.2. The number of likely N-dealkylation sites (tertiary alicyclic amines) is 1. The van der Waals surface area contributed by atoms with Crippen molar-refractivity contribution in [3.05, 3.63) is 17.5 Å². The third kappa shape index (κ3) is 3.67. The highest BCUT2D eigenvalue weighted by molar-refractivity contribution is 5.82. The molecular weight excluding hydrogens is 342 g/mol. The van der Waals surface area contributed by atoms with Crippen LogP contribution in [0.4, 0.5) is 5.95 Å². The molecule has 1 saturated carbocycles. The Morgan fingerprint density at radius 3 is 2.85 bits per heavy atom. The number of hydrogen-bond donors (Lipinski definition) is 2. The monoisotopic (exact) mass is 373 g/mol. The number of aromatic nitrogens is 2. The number of hydrogen-bond acceptors (Lipinski definition) is 6. The standard InChI is InChI=1S/C20H31N5O2/c1-2-16(18(26)23-15-5-3-4-6-15)25-10-8-20(9-11-25)17-14(7-12-27-20)13-22-19(21)24-17/h13,15-16H,2-12H2,1H3,(H,23,26)(H2,21,22,24). The molecule has 2 fully saturated rings. The third-order valence-corrected chi connectivity index (χ3v) is 6.50. The van der Waals surface area contributed by atoms with Crippen LogP contribution in [-0.2, 0) is 21.6 Å². The number of anilines is 1. The molecule has 1 aliphatic carbocycles. The first kappa shape index (κ1) is 18.6. The maximum atomic E-state index is 12.8. The Morgan fingerprint density at radius 1 is 1.41 bits per heavy atom. The van der Waals surface area contributed by atoms with E-state index in [9.17, 15) is 4.79 Å². The minimum Gasteiger partial charge on any atom is -0.368 e. The van der Waals surface area contributed by atoms with Gasteiger partial charge in [0, 0.05) is 25.3 Å². The average Bonchev–Trinajstić information content (AvgIpc) is 3.18. The van der Waals surface area contributed by atoms with Gasteiger partial charge in [-0.1, -0.05) is 19.8 Å². The van der Waals surface area contributed by atoms with Crippen LogP contribution in [-0.4, -0.2) is 52.6 Å². The average molecular weight is 374 g/mol. The molecule has 1 saturated heterocycles. The quantitative estimate of drug-likeness (QED) is 0.835. The molecule has 0 radical (unpaired) electrons. The highest BCUT2D eigenvalue weighted by Crippen LogP contribution is 2.41. The summed E-state index contributed by atoms with van der Waals surface area (Å²) >= 11 is 0. The van der Waals surface area contributed by atoms with E-state index in [1.807, 2.05) is 6.20 Å². The van der Waals surface area contributed by atoms with Crippen molar-refractivity contribution in [2.24, 2.45) is 0 Å². The Hall–Kier alpha value is -1.73. The largest absolute Gasteiger partial charge is 0.368 e. The van der Waals surface area contributed by atoms with Crippen LogP contribution < -0.4 is 11.1 Å². The summed E-state index contributed by atoms with van der Waals surface area (Å²) in [6, 6.07) is 0.317. The van der Waals surface area contributed by atoms with Gasteiger partial charge in [-0.2, -0.15) is 0 Å². The predicted molar refractivity (Wildman–Crippen MR) is 103 cm³/mol. The molecule has 1 unspecified atom stereocenters. The maximum absolute atomic E-state index is 12.8. The molecule has 2 aliphatic heterocycles. The van der Waals surface area contributed by atoms with Crippen LogP contribution in [0.2, 0.25) is 0 Å². The molecule has 3 aliphatic rings. The number of nitrogens with zero attached hydrogens (tertiary/aromatic N) is 3. The summed E-state index contributed by atoms with van der Waals surface area (Å²) in [5, 5.41) is 3.27. The number of piperidine rings is 1. The maximum Gasteiger partial charge on any atom is 0.237 e. The lowest BCUT2D eigenvalue weighted by Gasteiger charge is -2.45. The Kier molecular flexibility index (Phi) is 5.32. The van der Waals surface area contributed by atoms with Crippen LogP contribution in [0.5, 0.6) is 0 Å². The van der Waals surface area contributed by atoms with Crippen LogP contribution in [0.1, 0.15) is 63.1 Å². The molecule has 148 valence electrons. The lowest BCUT2D eigenvalue weighted by molar-refractivity contribution is -0.133. The molecule has 1 spiro atoms. The minimum atomic E-state index is -0.374. The van der Waals surface area contributed by atoms with Gasteiger partial charge in [0.2, 0.25) is 11.9 Å². The van der Waals surface area contributed by atoms with Gasteiger partial charge >= 0.3 is 0 Å². The van der Waals surface area contributed by atoms with Crippen molar-refractivity contribution < 1.29 is 9.53 Å². The summed E-state index contributed by atoms with van der Waals surface area (Å²) in [5.74, 6) is 0.500. The molecule has 7 heteroatoms. The summed E-state index contributed by atoms with van der Waals surface area (Å²) in [7, 11) is 0. The summed E-state index contributed by atoms with van der Waals surface area (Å²) < 4.78 is 6.24. The Balaban J connectivity index is 1.44. The van der Waals surface area contributed by atoms with Gasteiger partial charge in [-0.15, -0.1) is 0 Å². The smallest absolute Gasteiger partial charge is 0.237 e. The second-order valence-corrected chi connectivity index (χ2v) is 8.14. The van der Waals surface area contributed by atoms with E-state index in [1.54, 1.807) is 0 Å². The number of carbonyl (C=O) groups excluding carboxylic acids is 1. The number of carbonyl (C=O) groups is 1. The van der Waals surface area contributed by atoms with Crippen LogP contribution in [0, 0.1) is 0 Å². The molecule has 7 nitrogen and oxygen atoms in total. The van der Waals surface area contributed by atoms with Crippen molar-refractivity contribution >= 4 is 11.9 Å². The Morgan fingerprint density at radius 2 is 2.15 bits per heavy atom. The predicted octanol–water partition coefficient (Wildman–Crippen LogP) is 1.76. The van der Waals surface area contributed by atoms with Gasteiger partial charge in [0.05, 0.1) is 18.3 Å². The lowest BCUT2D eigenvalue weighted by atomic mass is 9.82. The first-order valence-electron chi connectivity index (χ1n) is 10.4. The normalized spacial score (nSPS) is 23.9. The van der Waals surface area contributed by atoms with Gasteiger partial charge in [-0.25, -0.2) is 9.97 Å². The third-order valence-electron chi connectivity index (χ3n) is 6.50. The van der Waals surface area contributed by atoms with E-state index in [4.69, 9.17) is 10.5 Å². The summed E-state index contributed by atoms with van der Waals surface area (Å²) in [5.41, 5.74) is 7.58. The van der Waals surface area contributed by atoms with E-state index in [0.717, 1.165) is 62.9 Å². The summed E-state index contributed by atoms with van der Waals surface area (Å²) in [6.07, 6.45) is 9.89. The molecule has 1 aromatic heterocycles. The second-order valence-electron chi connectivity index (χ2n) is 8.14. The molecule has 1 aromatic rings. The Bertz CT molecular complexity index is 681. The van der Waals surface area contributed by atoms with E-state index in [1.165, 1.54) is 12.8 Å². The number of nitrogen functional groups attached to an aromatic ring is 1. The van der Waals surface area contributed by atoms with Crippen molar-refractivity contribution in [3.8, 4) is 0 Å². The number of nitrogens with one attached hydrogen (secondary N) is 1. The molecule has 1 amide bonds. The highest BCUT2D eigenvalue weighted by Gasteiger charge is 2.44. The van der Waals surface area contributed by atoms with Crippen molar-refractivity contribution in [2.75, 3.05) is 25.4 Å². The Labute approximate surface area is 161 Å². The SMILES string of the molecule is CCC(C(=O)NC1CCCC1)N1CCC2(CC1)OCCc1cnc(N)nc12. The van der Waals surface area contributed by atoms with Crippen molar-refractivity contribution in [2.45, 2.75) is 76.0 Å². The molecule has 1 atom stereocenters.